The van der Waals surface area contributed by atoms with Gasteiger partial charge in [-0.1, -0.05) is 49.0 Å². The largest absolute Gasteiger partial charge is 0.393 e. The summed E-state index contributed by atoms with van der Waals surface area (Å²) in [6.45, 7) is 4.44. The lowest BCUT2D eigenvalue weighted by Crippen LogP contribution is -2.42. The molecule has 0 saturated carbocycles. The van der Waals surface area contributed by atoms with Gasteiger partial charge in [-0.3, -0.25) is 4.90 Å². The van der Waals surface area contributed by atoms with Crippen molar-refractivity contribution < 1.29 is 0 Å². The fourth-order valence-electron chi connectivity index (χ4n) is 2.71. The van der Waals surface area contributed by atoms with E-state index in [1.807, 2.05) is 6.07 Å². The Morgan fingerprint density at radius 1 is 1.39 bits per heavy atom. The first-order valence-corrected chi connectivity index (χ1v) is 7.17. The molecule has 98 valence electrons. The quantitative estimate of drug-likeness (QED) is 0.846. The van der Waals surface area contributed by atoms with E-state index < -0.39 is 0 Å². The highest BCUT2D eigenvalue weighted by atomic mass is 32.1. The molecule has 1 saturated heterocycles. The highest BCUT2D eigenvalue weighted by molar-refractivity contribution is 7.80. The third-order valence-corrected chi connectivity index (χ3v) is 4.19. The van der Waals surface area contributed by atoms with Crippen LogP contribution < -0.4 is 5.73 Å². The number of nitrogens with zero attached hydrogens (tertiary/aromatic N) is 1. The van der Waals surface area contributed by atoms with E-state index in [2.05, 4.69) is 36.1 Å². The van der Waals surface area contributed by atoms with E-state index in [0.717, 1.165) is 6.54 Å². The van der Waals surface area contributed by atoms with Crippen molar-refractivity contribution in [3.8, 4) is 0 Å². The van der Waals surface area contributed by atoms with Gasteiger partial charge in [0, 0.05) is 18.5 Å². The summed E-state index contributed by atoms with van der Waals surface area (Å²) in [7, 11) is 0. The van der Waals surface area contributed by atoms with Gasteiger partial charge in [0.05, 0.1) is 4.99 Å². The minimum atomic E-state index is 0.182. The zero-order valence-electron chi connectivity index (χ0n) is 11.0. The van der Waals surface area contributed by atoms with Crippen molar-refractivity contribution in [2.45, 2.75) is 38.1 Å². The zero-order chi connectivity index (χ0) is 13.0. The second kappa shape index (κ2) is 6.30. The van der Waals surface area contributed by atoms with E-state index in [4.69, 9.17) is 18.0 Å². The number of nitrogens with two attached hydrogens (primary N) is 1. The summed E-state index contributed by atoms with van der Waals surface area (Å²) < 4.78 is 0. The highest BCUT2D eigenvalue weighted by Crippen LogP contribution is 2.23. The third-order valence-electron chi connectivity index (χ3n) is 3.90. The maximum absolute atomic E-state index is 5.94. The lowest BCUT2D eigenvalue weighted by Gasteiger charge is -2.35. The van der Waals surface area contributed by atoms with Crippen LogP contribution in [-0.4, -0.2) is 29.0 Å². The van der Waals surface area contributed by atoms with Crippen LogP contribution in [0.4, 0.5) is 0 Å². The van der Waals surface area contributed by atoms with Crippen molar-refractivity contribution in [2.24, 2.45) is 5.73 Å². The summed E-state index contributed by atoms with van der Waals surface area (Å²) in [5.41, 5.74) is 7.17. The molecule has 1 aliphatic rings. The van der Waals surface area contributed by atoms with Gasteiger partial charge < -0.3 is 5.73 Å². The van der Waals surface area contributed by atoms with E-state index in [1.165, 1.54) is 31.4 Å². The molecule has 1 fully saturated rings. The normalized spacial score (nSPS) is 22.6. The molecule has 1 aromatic carbocycles. The standard InChI is InChI=1S/C15H22N2S/c1-12-7-5-6-10-17(12)11-14(15(16)18)13-8-3-2-4-9-13/h2-4,8-9,12,14H,5-7,10-11H2,1H3,(H2,16,18). The predicted octanol–water partition coefficient (Wildman–Crippen LogP) is 2.93. The number of rotatable bonds is 4. The van der Waals surface area contributed by atoms with Gasteiger partial charge in [-0.25, -0.2) is 0 Å². The molecule has 1 heterocycles. The van der Waals surface area contributed by atoms with Crippen LogP contribution in [-0.2, 0) is 0 Å². The van der Waals surface area contributed by atoms with Crippen LogP contribution in [0.5, 0.6) is 0 Å². The number of hydrogen-bond donors (Lipinski definition) is 1. The molecule has 2 N–H and O–H groups in total. The lowest BCUT2D eigenvalue weighted by molar-refractivity contribution is 0.159. The summed E-state index contributed by atoms with van der Waals surface area (Å²) >= 11 is 5.26. The first-order valence-electron chi connectivity index (χ1n) is 6.77. The SMILES string of the molecule is CC1CCCCN1CC(C(N)=S)c1ccccc1. The number of likely N-dealkylation sites (tertiary alicyclic amines) is 1. The summed E-state index contributed by atoms with van der Waals surface area (Å²) in [4.78, 5) is 3.14. The van der Waals surface area contributed by atoms with Gasteiger partial charge in [0.1, 0.15) is 0 Å². The molecular formula is C15H22N2S. The Bertz CT molecular complexity index is 391. The Balaban J connectivity index is 2.09. The topological polar surface area (TPSA) is 29.3 Å². The second-order valence-corrected chi connectivity index (χ2v) is 5.68. The van der Waals surface area contributed by atoms with Crippen LogP contribution in [0.25, 0.3) is 0 Å². The van der Waals surface area contributed by atoms with E-state index in [0.29, 0.717) is 11.0 Å². The molecule has 1 aliphatic heterocycles. The van der Waals surface area contributed by atoms with Gasteiger partial charge in [0.25, 0.3) is 0 Å². The molecule has 2 nitrogen and oxygen atoms in total. The fraction of sp³-hybridized carbons (Fsp3) is 0.533. The van der Waals surface area contributed by atoms with Gasteiger partial charge in [0.2, 0.25) is 0 Å². The van der Waals surface area contributed by atoms with Crippen molar-refractivity contribution >= 4 is 17.2 Å². The second-order valence-electron chi connectivity index (χ2n) is 5.21. The summed E-state index contributed by atoms with van der Waals surface area (Å²) in [5, 5.41) is 0. The van der Waals surface area contributed by atoms with Crippen LogP contribution in [0.1, 0.15) is 37.7 Å². The zero-order valence-corrected chi connectivity index (χ0v) is 11.8. The first-order chi connectivity index (χ1) is 8.68. The van der Waals surface area contributed by atoms with E-state index in [-0.39, 0.29) is 5.92 Å². The van der Waals surface area contributed by atoms with Gasteiger partial charge in [-0.05, 0) is 31.9 Å². The minimum absolute atomic E-state index is 0.182. The van der Waals surface area contributed by atoms with Crippen LogP contribution in [0.15, 0.2) is 30.3 Å². The maximum Gasteiger partial charge on any atom is 0.0816 e. The highest BCUT2D eigenvalue weighted by Gasteiger charge is 2.23. The number of thiocarbonyl (C=S) groups is 1. The molecule has 0 radical (unpaired) electrons. The van der Waals surface area contributed by atoms with Crippen LogP contribution in [0.2, 0.25) is 0 Å². The number of hydrogen-bond acceptors (Lipinski definition) is 2. The average Bonchev–Trinajstić information content (AvgIpc) is 2.38. The molecule has 0 aliphatic carbocycles. The third kappa shape index (κ3) is 3.30. The molecule has 2 rings (SSSR count). The molecule has 3 heteroatoms. The van der Waals surface area contributed by atoms with Crippen molar-refractivity contribution in [1.29, 1.82) is 0 Å². The summed E-state index contributed by atoms with van der Waals surface area (Å²) in [6, 6.07) is 11.0. The summed E-state index contributed by atoms with van der Waals surface area (Å²) in [6.07, 6.45) is 3.93. The van der Waals surface area contributed by atoms with Gasteiger partial charge >= 0.3 is 0 Å². The number of benzene rings is 1. The smallest absolute Gasteiger partial charge is 0.0816 e. The molecular weight excluding hydrogens is 240 g/mol. The lowest BCUT2D eigenvalue weighted by atomic mass is 9.95. The van der Waals surface area contributed by atoms with Crippen LogP contribution in [0.3, 0.4) is 0 Å². The molecule has 2 unspecified atom stereocenters. The van der Waals surface area contributed by atoms with Gasteiger partial charge in [0.15, 0.2) is 0 Å². The molecule has 18 heavy (non-hydrogen) atoms. The Kier molecular flexibility index (Phi) is 4.72. The Labute approximate surface area is 115 Å². The first kappa shape index (κ1) is 13.5. The van der Waals surface area contributed by atoms with Crippen LogP contribution in [0, 0.1) is 0 Å². The molecule has 0 bridgehead atoms. The van der Waals surface area contributed by atoms with Gasteiger partial charge in [-0.15, -0.1) is 0 Å². The van der Waals surface area contributed by atoms with E-state index >= 15 is 0 Å². The molecule has 0 amide bonds. The molecule has 0 spiro atoms. The number of piperidine rings is 1. The van der Waals surface area contributed by atoms with Crippen molar-refractivity contribution in [2.75, 3.05) is 13.1 Å². The summed E-state index contributed by atoms with van der Waals surface area (Å²) in [5.74, 6) is 0.182. The Morgan fingerprint density at radius 2 is 2.11 bits per heavy atom. The van der Waals surface area contributed by atoms with Crippen molar-refractivity contribution in [3.63, 3.8) is 0 Å². The van der Waals surface area contributed by atoms with E-state index in [1.54, 1.807) is 0 Å². The van der Waals surface area contributed by atoms with E-state index in [9.17, 15) is 0 Å². The molecule has 1 aromatic rings. The molecule has 2 atom stereocenters. The maximum atomic E-state index is 5.94. The van der Waals surface area contributed by atoms with Crippen LogP contribution >= 0.6 is 12.2 Å². The fourth-order valence-corrected chi connectivity index (χ4v) is 2.92. The molecule has 0 aromatic heterocycles. The Morgan fingerprint density at radius 3 is 2.72 bits per heavy atom. The van der Waals surface area contributed by atoms with Crippen molar-refractivity contribution in [3.05, 3.63) is 35.9 Å². The Hall–Kier alpha value is -0.930. The average molecular weight is 262 g/mol. The predicted molar refractivity (Wildman–Crippen MR) is 80.9 cm³/mol. The van der Waals surface area contributed by atoms with Crippen molar-refractivity contribution in [1.82, 2.24) is 4.90 Å². The minimum Gasteiger partial charge on any atom is -0.393 e. The van der Waals surface area contributed by atoms with Gasteiger partial charge in [-0.2, -0.15) is 0 Å². The monoisotopic (exact) mass is 262 g/mol.